The van der Waals surface area contributed by atoms with Crippen molar-refractivity contribution in [1.29, 1.82) is 5.26 Å². The lowest BCUT2D eigenvalue weighted by Gasteiger charge is -2.39. The van der Waals surface area contributed by atoms with Crippen molar-refractivity contribution >= 4 is 37.9 Å². The number of rotatable bonds is 9. The van der Waals surface area contributed by atoms with Gasteiger partial charge in [0.05, 0.1) is 29.4 Å². The number of hydrogen-bond acceptors (Lipinski definition) is 6. The van der Waals surface area contributed by atoms with Crippen LogP contribution in [0.4, 0.5) is 13.6 Å². The number of aromatic nitrogens is 2. The van der Waals surface area contributed by atoms with E-state index >= 15 is 4.79 Å². The van der Waals surface area contributed by atoms with Crippen LogP contribution in [0.15, 0.2) is 59.9 Å². The van der Waals surface area contributed by atoms with E-state index < -0.39 is 43.9 Å². The first kappa shape index (κ1) is 36.7. The summed E-state index contributed by atoms with van der Waals surface area (Å²) in [5.41, 5.74) is 0.204. The average molecular weight is 699 g/mol. The Labute approximate surface area is 285 Å². The van der Waals surface area contributed by atoms with Gasteiger partial charge in [0.2, 0.25) is 5.96 Å². The van der Waals surface area contributed by atoms with Crippen molar-refractivity contribution in [1.82, 2.24) is 20.0 Å². The van der Waals surface area contributed by atoms with Gasteiger partial charge in [-0.05, 0) is 58.8 Å². The summed E-state index contributed by atoms with van der Waals surface area (Å²) in [6, 6.07) is 12.8. The summed E-state index contributed by atoms with van der Waals surface area (Å²) in [5.74, 6) is -0.673. The number of carboxylic acid groups (broad SMARTS) is 1. The van der Waals surface area contributed by atoms with Gasteiger partial charge in [-0.1, -0.05) is 83.5 Å². The summed E-state index contributed by atoms with van der Waals surface area (Å²) in [6.07, 6.45) is 1.34. The first-order chi connectivity index (χ1) is 22.2. The highest BCUT2D eigenvalue weighted by Gasteiger charge is 2.54. The Morgan fingerprint density at radius 3 is 2.29 bits per heavy atom. The zero-order valence-electron chi connectivity index (χ0n) is 28.3. The second-order valence-corrected chi connectivity index (χ2v) is 19.9. The lowest BCUT2D eigenvalue weighted by Crippen LogP contribution is -2.51. The lowest BCUT2D eigenvalue weighted by atomic mass is 9.75. The molecule has 48 heavy (non-hydrogen) atoms. The highest BCUT2D eigenvalue weighted by Crippen LogP contribution is 2.46. The van der Waals surface area contributed by atoms with Gasteiger partial charge in [0.15, 0.2) is 13.9 Å². The molecule has 3 aromatic rings. The maximum Gasteiger partial charge on any atom is 0.411 e. The molecule has 0 spiro atoms. The van der Waals surface area contributed by atoms with Gasteiger partial charge in [0, 0.05) is 11.8 Å². The Morgan fingerprint density at radius 1 is 1.12 bits per heavy atom. The number of nitriles is 1. The number of nitrogens with one attached hydrogen (secondary N) is 1. The first-order valence-corrected chi connectivity index (χ1v) is 18.7. The van der Waals surface area contributed by atoms with Gasteiger partial charge in [0.25, 0.3) is 5.91 Å². The van der Waals surface area contributed by atoms with Crippen molar-refractivity contribution in [2.75, 3.05) is 6.61 Å². The molecular weight excluding hydrogens is 658 g/mol. The summed E-state index contributed by atoms with van der Waals surface area (Å²) >= 11 is 6.28. The summed E-state index contributed by atoms with van der Waals surface area (Å²) in [7, 11) is -2.40. The monoisotopic (exact) mass is 698 g/mol. The number of amides is 2. The number of aliphatic imine (C=N–C) groups is 1. The van der Waals surface area contributed by atoms with E-state index in [0.717, 1.165) is 0 Å². The van der Waals surface area contributed by atoms with E-state index in [9.17, 15) is 23.9 Å². The molecule has 256 valence electrons. The van der Waals surface area contributed by atoms with Gasteiger partial charge in [-0.15, -0.1) is 0 Å². The molecule has 2 amide bonds. The van der Waals surface area contributed by atoms with Gasteiger partial charge in [-0.25, -0.2) is 14.5 Å². The quantitative estimate of drug-likeness (QED) is 0.216. The molecule has 2 N–H and O–H groups in total. The molecule has 0 saturated carbocycles. The Balaban J connectivity index is 1.89. The van der Waals surface area contributed by atoms with Gasteiger partial charge >= 0.3 is 12.6 Å². The van der Waals surface area contributed by atoms with Crippen LogP contribution < -0.4 is 5.32 Å². The van der Waals surface area contributed by atoms with E-state index in [4.69, 9.17) is 21.0 Å². The van der Waals surface area contributed by atoms with E-state index in [1.165, 1.54) is 17.3 Å². The van der Waals surface area contributed by atoms with E-state index in [1.54, 1.807) is 42.5 Å². The summed E-state index contributed by atoms with van der Waals surface area (Å²) in [4.78, 5) is 33.4. The first-order valence-electron chi connectivity index (χ1n) is 15.4. The molecule has 10 nitrogen and oxygen atoms in total. The van der Waals surface area contributed by atoms with E-state index in [-0.39, 0.29) is 34.6 Å². The minimum atomic E-state index is -2.79. The molecule has 0 saturated heterocycles. The molecule has 1 aromatic heterocycles. The zero-order chi connectivity index (χ0) is 35.8. The average Bonchev–Trinajstić information content (AvgIpc) is 3.57. The summed E-state index contributed by atoms with van der Waals surface area (Å²) < 4.78 is 33.5. The number of carbonyl (C=O) groups excluding carboxylic acids is 1. The minimum Gasteiger partial charge on any atom is -0.465 e. The van der Waals surface area contributed by atoms with Crippen molar-refractivity contribution in [2.24, 2.45) is 10.4 Å². The molecule has 2 atom stereocenters. The maximum atomic E-state index is 15.0. The molecule has 14 heteroatoms. The predicted octanol–water partition coefficient (Wildman–Crippen LogP) is 8.33. The zero-order valence-corrected chi connectivity index (χ0v) is 30.1. The van der Waals surface area contributed by atoms with Gasteiger partial charge in [0.1, 0.15) is 6.07 Å². The van der Waals surface area contributed by atoms with Crippen LogP contribution in [0.1, 0.15) is 77.2 Å². The lowest BCUT2D eigenvalue weighted by molar-refractivity contribution is -0.135. The fourth-order valence-electron chi connectivity index (χ4n) is 5.42. The van der Waals surface area contributed by atoms with Gasteiger partial charge in [-0.3, -0.25) is 15.0 Å². The van der Waals surface area contributed by atoms with Crippen LogP contribution in [0.2, 0.25) is 23.2 Å². The molecule has 0 aliphatic carbocycles. The second kappa shape index (κ2) is 13.4. The third kappa shape index (κ3) is 7.61. The van der Waals surface area contributed by atoms with Crippen LogP contribution >= 0.6 is 11.6 Å². The highest BCUT2D eigenvalue weighted by molar-refractivity contribution is 6.74. The second-order valence-electron chi connectivity index (χ2n) is 14.6. The maximum absolute atomic E-state index is 15.0. The van der Waals surface area contributed by atoms with Gasteiger partial charge < -0.3 is 9.53 Å². The van der Waals surface area contributed by atoms with Crippen molar-refractivity contribution in [2.45, 2.75) is 84.2 Å². The van der Waals surface area contributed by atoms with Crippen molar-refractivity contribution in [3.05, 3.63) is 76.6 Å². The van der Waals surface area contributed by atoms with Crippen LogP contribution in [-0.2, 0) is 14.8 Å². The minimum absolute atomic E-state index is 0.00624. The Bertz CT molecular complexity index is 1760. The van der Waals surface area contributed by atoms with Crippen LogP contribution in [0, 0.1) is 16.7 Å². The molecule has 2 aromatic carbocycles. The van der Waals surface area contributed by atoms with Crippen molar-refractivity contribution in [3.8, 4) is 17.2 Å². The molecule has 1 aliphatic rings. The third-order valence-electron chi connectivity index (χ3n) is 8.82. The number of carbonyl (C=O) groups is 2. The number of hydrogen-bond donors (Lipinski definition) is 2. The fraction of sp³-hybridized carbons (Fsp3) is 0.441. The Kier molecular flexibility index (Phi) is 10.3. The number of halogens is 3. The highest BCUT2D eigenvalue weighted by atomic mass is 35.5. The smallest absolute Gasteiger partial charge is 0.411 e. The molecule has 0 bridgehead atoms. The normalized spacial score (nSPS) is 17.8. The molecule has 0 radical (unpaired) electrons. The number of nitrogens with zero attached hydrogens (tertiary/aromatic N) is 5. The van der Waals surface area contributed by atoms with Crippen molar-refractivity contribution < 1.29 is 27.9 Å². The number of benzene rings is 2. The summed E-state index contributed by atoms with van der Waals surface area (Å²) in [5, 5.41) is 25.8. The van der Waals surface area contributed by atoms with Crippen LogP contribution in [0.5, 0.6) is 0 Å². The third-order valence-corrected chi connectivity index (χ3v) is 13.6. The largest absolute Gasteiger partial charge is 0.465 e. The standard InChI is InChI=1S/C34H41ClF2N6O4Si/c1-32(2,3)20-34(25-12-9-21(10-13-25)24-17-39-42(18-24)29(36)37)28(44)43(30(41-34)40-31(45)46)27(19-47-48(7,8)33(4,5)6)22-11-14-26(35)23(15-22)16-38/h9-15,17-18,27,29H,19-20H2,1-8H3,(H,40,41)(H,45,46)/t27-,34?/m1/s1. The van der Waals surface area contributed by atoms with E-state index in [0.29, 0.717) is 26.9 Å². The van der Waals surface area contributed by atoms with Crippen LogP contribution in [-0.4, -0.2) is 52.7 Å². The molecular formula is C34H41ClF2N6O4Si. The molecule has 4 rings (SSSR count). The molecule has 1 aliphatic heterocycles. The predicted molar refractivity (Wildman–Crippen MR) is 182 cm³/mol. The van der Waals surface area contributed by atoms with Crippen LogP contribution in [0.25, 0.3) is 11.1 Å². The molecule has 1 unspecified atom stereocenters. The van der Waals surface area contributed by atoms with E-state index in [1.807, 2.05) is 20.8 Å². The molecule has 2 heterocycles. The SMILES string of the molecule is CC(C)(C)CC1(c2ccc(-c3cnn(C(F)F)c3)cc2)N=C(NC(=O)O)N([C@H](CO[Si](C)(C)C(C)(C)C)c2ccc(Cl)c(C#N)c2)C1=O. The number of guanidine groups is 1. The number of alkyl halides is 2. The topological polar surface area (TPSA) is 133 Å². The van der Waals surface area contributed by atoms with Crippen LogP contribution in [0.3, 0.4) is 0 Å². The Morgan fingerprint density at radius 2 is 1.77 bits per heavy atom. The Hall–Kier alpha value is -4.12. The van der Waals surface area contributed by atoms with E-state index in [2.05, 4.69) is 50.3 Å². The summed E-state index contributed by atoms with van der Waals surface area (Å²) in [6.45, 7) is 13.5. The molecule has 0 fully saturated rings. The fourth-order valence-corrected chi connectivity index (χ4v) is 6.58. The van der Waals surface area contributed by atoms with Gasteiger partial charge in [-0.2, -0.15) is 19.1 Å². The van der Waals surface area contributed by atoms with Crippen molar-refractivity contribution in [3.63, 3.8) is 0 Å².